The van der Waals surface area contributed by atoms with Crippen LogP contribution in [0, 0.1) is 0 Å². The summed E-state index contributed by atoms with van der Waals surface area (Å²) in [4.78, 5) is 24.6. The van der Waals surface area contributed by atoms with Crippen LogP contribution in [0.1, 0.15) is 16.8 Å². The number of ether oxygens (including phenoxy) is 2. The fourth-order valence-corrected chi connectivity index (χ4v) is 2.30. The molecule has 7 heteroatoms. The van der Waals surface area contributed by atoms with E-state index in [1.165, 1.54) is 12.0 Å². The predicted molar refractivity (Wildman–Crippen MR) is 75.8 cm³/mol. The van der Waals surface area contributed by atoms with Gasteiger partial charge < -0.3 is 19.5 Å². The summed E-state index contributed by atoms with van der Waals surface area (Å²) in [6, 6.07) is 6.61. The third-order valence-electron chi connectivity index (χ3n) is 3.55. The molecular formula is C15H18FNO5. The number of carbonyl (C=O) groups is 2. The summed E-state index contributed by atoms with van der Waals surface area (Å²) in [6.45, 7) is 0.267. The van der Waals surface area contributed by atoms with Crippen LogP contribution in [0.25, 0.3) is 0 Å². The van der Waals surface area contributed by atoms with Crippen LogP contribution in [0.2, 0.25) is 0 Å². The predicted octanol–water partition coefficient (Wildman–Crippen LogP) is 1.35. The lowest BCUT2D eigenvalue weighted by atomic mass is 10.1. The van der Waals surface area contributed by atoms with E-state index in [-0.39, 0.29) is 25.1 Å². The second kappa shape index (κ2) is 6.74. The summed E-state index contributed by atoms with van der Waals surface area (Å²) in [5, 5.41) is 8.89. The summed E-state index contributed by atoms with van der Waals surface area (Å²) < 4.78 is 24.4. The van der Waals surface area contributed by atoms with Crippen LogP contribution in [0.15, 0.2) is 24.3 Å². The molecule has 2 rings (SSSR count). The van der Waals surface area contributed by atoms with Crippen LogP contribution in [0.3, 0.4) is 0 Å². The number of para-hydroxylation sites is 1. The molecule has 1 aromatic rings. The van der Waals surface area contributed by atoms with E-state index >= 15 is 0 Å². The van der Waals surface area contributed by atoms with Crippen molar-refractivity contribution in [2.45, 2.75) is 12.1 Å². The highest BCUT2D eigenvalue weighted by molar-refractivity contribution is 5.97. The highest BCUT2D eigenvalue weighted by atomic mass is 19.1. The molecule has 120 valence electrons. The number of carboxylic acid groups (broad SMARTS) is 1. The third-order valence-corrected chi connectivity index (χ3v) is 3.55. The van der Waals surface area contributed by atoms with Gasteiger partial charge in [0, 0.05) is 20.1 Å². The summed E-state index contributed by atoms with van der Waals surface area (Å²) in [5.74, 6) is -1.60. The number of alkyl halides is 1. The lowest BCUT2D eigenvalue weighted by Gasteiger charge is -2.19. The Morgan fingerprint density at radius 3 is 2.73 bits per heavy atom. The number of rotatable bonds is 6. The highest BCUT2D eigenvalue weighted by Crippen LogP contribution is 2.29. The van der Waals surface area contributed by atoms with Gasteiger partial charge in [-0.3, -0.25) is 4.79 Å². The highest BCUT2D eigenvalue weighted by Gasteiger charge is 2.47. The van der Waals surface area contributed by atoms with E-state index < -0.39 is 24.1 Å². The summed E-state index contributed by atoms with van der Waals surface area (Å²) >= 11 is 0. The maximum absolute atomic E-state index is 14.1. The van der Waals surface area contributed by atoms with Crippen LogP contribution >= 0.6 is 0 Å². The van der Waals surface area contributed by atoms with Crippen molar-refractivity contribution in [3.8, 4) is 5.75 Å². The zero-order valence-electron chi connectivity index (χ0n) is 12.3. The van der Waals surface area contributed by atoms with Crippen molar-refractivity contribution in [3.05, 3.63) is 29.8 Å². The van der Waals surface area contributed by atoms with Crippen LogP contribution in [0.5, 0.6) is 5.75 Å². The normalized spacial score (nSPS) is 20.9. The summed E-state index contributed by atoms with van der Waals surface area (Å²) in [5.41, 5.74) is -2.09. The molecule has 0 aromatic heterocycles. The first kappa shape index (κ1) is 16.2. The van der Waals surface area contributed by atoms with Crippen molar-refractivity contribution in [2.75, 3.05) is 33.4 Å². The zero-order valence-corrected chi connectivity index (χ0v) is 12.3. The number of hydrogen-bond acceptors (Lipinski definition) is 4. The van der Waals surface area contributed by atoms with Gasteiger partial charge in [-0.25, -0.2) is 9.18 Å². The minimum atomic E-state index is -2.37. The van der Waals surface area contributed by atoms with Crippen LogP contribution in [0.4, 0.5) is 4.39 Å². The molecule has 0 aliphatic carbocycles. The first-order valence-corrected chi connectivity index (χ1v) is 6.90. The minimum Gasteiger partial charge on any atom is -0.490 e. The number of carbonyl (C=O) groups excluding carboxylic acids is 1. The molecule has 1 atom stereocenters. The average Bonchev–Trinajstić information content (AvgIpc) is 2.91. The number of methoxy groups -OCH3 is 1. The largest absolute Gasteiger partial charge is 0.490 e. The molecule has 1 aliphatic rings. The van der Waals surface area contributed by atoms with Crippen LogP contribution in [-0.4, -0.2) is 61.0 Å². The molecule has 1 amide bonds. The topological polar surface area (TPSA) is 76.1 Å². The molecule has 0 saturated carbocycles. The first-order valence-electron chi connectivity index (χ1n) is 6.90. The molecule has 1 unspecified atom stereocenters. The first-order chi connectivity index (χ1) is 10.5. The van der Waals surface area contributed by atoms with E-state index in [2.05, 4.69) is 0 Å². The molecule has 1 heterocycles. The Bertz CT molecular complexity index is 565. The number of nitrogens with zero attached hydrogens (tertiary/aromatic N) is 1. The molecule has 1 aromatic carbocycles. The van der Waals surface area contributed by atoms with Gasteiger partial charge in [-0.15, -0.1) is 0 Å². The maximum atomic E-state index is 14.1. The molecule has 6 nitrogen and oxygen atoms in total. The number of halogens is 1. The number of carboxylic acids is 1. The molecule has 22 heavy (non-hydrogen) atoms. The molecule has 0 spiro atoms. The van der Waals surface area contributed by atoms with Crippen LogP contribution < -0.4 is 4.74 Å². The van der Waals surface area contributed by atoms with Crippen molar-refractivity contribution in [1.82, 2.24) is 4.90 Å². The van der Waals surface area contributed by atoms with Gasteiger partial charge in [0.2, 0.25) is 5.67 Å². The molecule has 0 bridgehead atoms. The number of likely N-dealkylation sites (tertiary alicyclic amines) is 1. The van der Waals surface area contributed by atoms with Gasteiger partial charge in [0.25, 0.3) is 5.91 Å². The lowest BCUT2D eigenvalue weighted by Crippen LogP contribution is -2.39. The smallest absolute Gasteiger partial charge is 0.343 e. The second-order valence-corrected chi connectivity index (χ2v) is 5.08. The van der Waals surface area contributed by atoms with E-state index in [1.54, 1.807) is 24.3 Å². The zero-order chi connectivity index (χ0) is 16.2. The fourth-order valence-electron chi connectivity index (χ4n) is 2.30. The minimum absolute atomic E-state index is 0.0635. The summed E-state index contributed by atoms with van der Waals surface area (Å²) in [6.07, 6.45) is -0.208. The van der Waals surface area contributed by atoms with Crippen molar-refractivity contribution in [3.63, 3.8) is 0 Å². The number of amides is 1. The second-order valence-electron chi connectivity index (χ2n) is 5.08. The molecule has 1 aliphatic heterocycles. The molecule has 0 radical (unpaired) electrons. The molecule has 1 saturated heterocycles. The Kier molecular flexibility index (Phi) is 4.97. The van der Waals surface area contributed by atoms with E-state index in [0.717, 1.165) is 0 Å². The van der Waals surface area contributed by atoms with Gasteiger partial charge >= 0.3 is 5.97 Å². The van der Waals surface area contributed by atoms with Crippen molar-refractivity contribution < 1.29 is 28.6 Å². The fraction of sp³-hybridized carbons (Fsp3) is 0.467. The average molecular weight is 311 g/mol. The summed E-state index contributed by atoms with van der Waals surface area (Å²) in [7, 11) is 1.54. The number of hydrogen-bond donors (Lipinski definition) is 1. The maximum Gasteiger partial charge on any atom is 0.343 e. The molecule has 1 fully saturated rings. The Morgan fingerprint density at radius 1 is 1.36 bits per heavy atom. The van der Waals surface area contributed by atoms with Crippen molar-refractivity contribution in [1.29, 1.82) is 0 Å². The van der Waals surface area contributed by atoms with Gasteiger partial charge in [0.15, 0.2) is 0 Å². The van der Waals surface area contributed by atoms with Gasteiger partial charge in [0.05, 0.1) is 18.7 Å². The standard InChI is InChI=1S/C15H18FNO5/c1-21-8-9-22-12-5-3-2-4-11(12)13(18)17-7-6-15(16,10-17)14(19)20/h2-5H,6-10H2,1H3,(H,19,20). The molecular weight excluding hydrogens is 293 g/mol. The van der Waals surface area contributed by atoms with E-state index in [4.69, 9.17) is 14.6 Å². The van der Waals surface area contributed by atoms with Crippen LogP contribution in [-0.2, 0) is 9.53 Å². The van der Waals surface area contributed by atoms with Gasteiger partial charge in [-0.05, 0) is 12.1 Å². The number of benzene rings is 1. The van der Waals surface area contributed by atoms with E-state index in [9.17, 15) is 14.0 Å². The molecule has 1 N–H and O–H groups in total. The quantitative estimate of drug-likeness (QED) is 0.803. The lowest BCUT2D eigenvalue weighted by molar-refractivity contribution is -0.149. The third kappa shape index (κ3) is 3.36. The van der Waals surface area contributed by atoms with E-state index in [0.29, 0.717) is 12.4 Å². The van der Waals surface area contributed by atoms with E-state index in [1.807, 2.05) is 0 Å². The van der Waals surface area contributed by atoms with Gasteiger partial charge in [0.1, 0.15) is 12.4 Å². The SMILES string of the molecule is COCCOc1ccccc1C(=O)N1CCC(F)(C(=O)O)C1. The van der Waals surface area contributed by atoms with Crippen molar-refractivity contribution >= 4 is 11.9 Å². The van der Waals surface area contributed by atoms with Crippen molar-refractivity contribution in [2.24, 2.45) is 0 Å². The number of aliphatic carboxylic acids is 1. The Hall–Kier alpha value is -2.15. The Balaban J connectivity index is 2.12. The van der Waals surface area contributed by atoms with Gasteiger partial charge in [-0.2, -0.15) is 0 Å². The van der Waals surface area contributed by atoms with Gasteiger partial charge in [-0.1, -0.05) is 12.1 Å². The monoisotopic (exact) mass is 311 g/mol. The Labute approximate surface area is 127 Å². The Morgan fingerprint density at radius 2 is 2.09 bits per heavy atom.